The third kappa shape index (κ3) is 3.65. The van der Waals surface area contributed by atoms with Gasteiger partial charge in [0, 0.05) is 17.3 Å². The zero-order chi connectivity index (χ0) is 18.1. The molecule has 2 rings (SSSR count). The number of hydrogen-bond acceptors (Lipinski definition) is 4. The van der Waals surface area contributed by atoms with Crippen molar-refractivity contribution >= 4 is 5.91 Å². The lowest BCUT2D eigenvalue weighted by Gasteiger charge is -2.24. The number of carbonyl (C=O) groups is 1. The van der Waals surface area contributed by atoms with E-state index >= 15 is 0 Å². The van der Waals surface area contributed by atoms with Crippen molar-refractivity contribution < 1.29 is 18.7 Å². The van der Waals surface area contributed by atoms with E-state index in [2.05, 4.69) is 15.3 Å². The average Bonchev–Trinajstić information content (AvgIpc) is 2.48. The van der Waals surface area contributed by atoms with Crippen LogP contribution in [0.15, 0.2) is 23.0 Å². The molecule has 0 bridgehead atoms. The zero-order valence-corrected chi connectivity index (χ0v) is 13.4. The van der Waals surface area contributed by atoms with Crippen molar-refractivity contribution in [1.82, 2.24) is 15.3 Å². The van der Waals surface area contributed by atoms with Crippen LogP contribution in [-0.4, -0.2) is 27.5 Å². The maximum atomic E-state index is 13.8. The number of amides is 1. The molecule has 0 saturated carbocycles. The highest BCUT2D eigenvalue weighted by Crippen LogP contribution is 2.23. The quantitative estimate of drug-likeness (QED) is 0.784. The minimum atomic E-state index is -1.79. The zero-order valence-electron chi connectivity index (χ0n) is 13.4. The second kappa shape index (κ2) is 6.48. The molecule has 24 heavy (non-hydrogen) atoms. The predicted octanol–water partition coefficient (Wildman–Crippen LogP) is 1.30. The number of H-pyrrole nitrogens is 1. The molecule has 1 heterocycles. The molecule has 0 aliphatic rings. The van der Waals surface area contributed by atoms with E-state index in [0.29, 0.717) is 17.5 Å². The van der Waals surface area contributed by atoms with Crippen LogP contribution < -0.4 is 10.9 Å². The Kier molecular flexibility index (Phi) is 4.79. The first-order valence-corrected chi connectivity index (χ1v) is 7.15. The van der Waals surface area contributed by atoms with E-state index in [9.17, 15) is 23.5 Å². The van der Waals surface area contributed by atoms with Crippen LogP contribution in [0, 0.1) is 25.5 Å². The van der Waals surface area contributed by atoms with E-state index in [1.807, 2.05) is 0 Å². The van der Waals surface area contributed by atoms with Crippen molar-refractivity contribution in [1.29, 1.82) is 0 Å². The molecule has 0 aliphatic heterocycles. The minimum Gasteiger partial charge on any atom is -0.383 e. The number of aromatic nitrogens is 2. The second-order valence-corrected chi connectivity index (χ2v) is 5.71. The fourth-order valence-electron chi connectivity index (χ4n) is 2.13. The minimum absolute atomic E-state index is 0.175. The summed E-state index contributed by atoms with van der Waals surface area (Å²) in [7, 11) is 0. The standard InChI is InChI=1S/C16H17F2N3O3/c1-8-9(2)21-15(23)13(20-8)14(22)19-7-16(3,24)11-5-4-10(17)6-12(11)18/h4-6,24H,7H2,1-3H3,(H,19,22)(H,21,23). The predicted molar refractivity (Wildman–Crippen MR) is 82.6 cm³/mol. The van der Waals surface area contributed by atoms with Crippen molar-refractivity contribution in [3.63, 3.8) is 0 Å². The van der Waals surface area contributed by atoms with Crippen molar-refractivity contribution in [2.75, 3.05) is 6.54 Å². The topological polar surface area (TPSA) is 95.1 Å². The van der Waals surface area contributed by atoms with Crippen molar-refractivity contribution in [2.24, 2.45) is 0 Å². The summed E-state index contributed by atoms with van der Waals surface area (Å²) in [5.74, 6) is -2.51. The Morgan fingerprint density at radius 2 is 2.04 bits per heavy atom. The van der Waals surface area contributed by atoms with Crippen LogP contribution in [-0.2, 0) is 5.60 Å². The Hall–Kier alpha value is -2.61. The molecular weight excluding hydrogens is 320 g/mol. The normalized spacial score (nSPS) is 13.4. The van der Waals surface area contributed by atoms with Crippen LogP contribution in [0.5, 0.6) is 0 Å². The van der Waals surface area contributed by atoms with E-state index in [-0.39, 0.29) is 17.8 Å². The number of rotatable bonds is 4. The van der Waals surface area contributed by atoms with Gasteiger partial charge in [0.05, 0.1) is 12.2 Å². The van der Waals surface area contributed by atoms with Crippen LogP contribution in [0.2, 0.25) is 0 Å². The molecule has 8 heteroatoms. The molecule has 1 amide bonds. The number of halogens is 2. The van der Waals surface area contributed by atoms with Crippen LogP contribution in [0.25, 0.3) is 0 Å². The summed E-state index contributed by atoms with van der Waals surface area (Å²) < 4.78 is 26.7. The number of aryl methyl sites for hydroxylation is 2. The molecule has 1 aromatic carbocycles. The largest absolute Gasteiger partial charge is 0.383 e. The Bertz CT molecular complexity index is 847. The molecule has 128 valence electrons. The molecule has 6 nitrogen and oxygen atoms in total. The summed E-state index contributed by atoms with van der Waals surface area (Å²) in [6.45, 7) is 4.16. The maximum absolute atomic E-state index is 13.8. The number of nitrogens with zero attached hydrogens (tertiary/aromatic N) is 1. The van der Waals surface area contributed by atoms with E-state index < -0.39 is 28.7 Å². The Balaban J connectivity index is 2.19. The van der Waals surface area contributed by atoms with Crippen molar-refractivity contribution in [3.8, 4) is 0 Å². The van der Waals surface area contributed by atoms with Gasteiger partial charge in [-0.25, -0.2) is 13.8 Å². The first-order valence-electron chi connectivity index (χ1n) is 7.15. The van der Waals surface area contributed by atoms with Gasteiger partial charge in [0.2, 0.25) is 0 Å². The van der Waals surface area contributed by atoms with Gasteiger partial charge in [-0.1, -0.05) is 6.07 Å². The summed E-state index contributed by atoms with van der Waals surface area (Å²) in [4.78, 5) is 30.3. The number of benzene rings is 1. The smallest absolute Gasteiger partial charge is 0.279 e. The van der Waals surface area contributed by atoms with Crippen LogP contribution in [0.4, 0.5) is 8.78 Å². The van der Waals surface area contributed by atoms with Gasteiger partial charge in [0.25, 0.3) is 11.5 Å². The second-order valence-electron chi connectivity index (χ2n) is 5.71. The summed E-state index contributed by atoms with van der Waals surface area (Å²) in [5, 5.41) is 12.7. The monoisotopic (exact) mass is 337 g/mol. The number of hydrogen-bond donors (Lipinski definition) is 3. The fourth-order valence-corrected chi connectivity index (χ4v) is 2.13. The lowest BCUT2D eigenvalue weighted by molar-refractivity contribution is 0.0492. The van der Waals surface area contributed by atoms with Gasteiger partial charge in [-0.3, -0.25) is 9.59 Å². The van der Waals surface area contributed by atoms with Gasteiger partial charge in [-0.05, 0) is 26.8 Å². The molecule has 0 spiro atoms. The third-order valence-electron chi connectivity index (χ3n) is 3.66. The van der Waals surface area contributed by atoms with E-state index in [1.165, 1.54) is 6.92 Å². The van der Waals surface area contributed by atoms with Crippen molar-refractivity contribution in [3.05, 3.63) is 62.8 Å². The van der Waals surface area contributed by atoms with E-state index in [4.69, 9.17) is 0 Å². The highest BCUT2D eigenvalue weighted by molar-refractivity contribution is 5.92. The Labute approximate surface area is 136 Å². The summed E-state index contributed by atoms with van der Waals surface area (Å²) in [5.41, 5.74) is -1.96. The van der Waals surface area contributed by atoms with Gasteiger partial charge in [-0.2, -0.15) is 0 Å². The van der Waals surface area contributed by atoms with Crippen LogP contribution in [0.1, 0.15) is 34.4 Å². The summed E-state index contributed by atoms with van der Waals surface area (Å²) in [6, 6.07) is 2.74. The SMILES string of the molecule is Cc1nc(C(=O)NCC(C)(O)c2ccc(F)cc2F)c(=O)[nH]c1C. The lowest BCUT2D eigenvalue weighted by Crippen LogP contribution is -2.41. The first kappa shape index (κ1) is 17.7. The molecule has 0 radical (unpaired) electrons. The summed E-state index contributed by atoms with van der Waals surface area (Å²) in [6.07, 6.45) is 0. The van der Waals surface area contributed by atoms with Crippen LogP contribution >= 0.6 is 0 Å². The Morgan fingerprint density at radius 3 is 2.67 bits per heavy atom. The summed E-state index contributed by atoms with van der Waals surface area (Å²) >= 11 is 0. The van der Waals surface area contributed by atoms with Gasteiger partial charge in [0.15, 0.2) is 5.69 Å². The lowest BCUT2D eigenvalue weighted by atomic mass is 9.95. The third-order valence-corrected chi connectivity index (χ3v) is 3.66. The van der Waals surface area contributed by atoms with Crippen LogP contribution in [0.3, 0.4) is 0 Å². The molecule has 1 atom stereocenters. The number of aromatic amines is 1. The molecule has 1 aromatic heterocycles. The average molecular weight is 337 g/mol. The molecule has 1 unspecified atom stereocenters. The van der Waals surface area contributed by atoms with E-state index in [1.54, 1.807) is 13.8 Å². The highest BCUT2D eigenvalue weighted by atomic mass is 19.1. The molecule has 0 aliphatic carbocycles. The van der Waals surface area contributed by atoms with Gasteiger partial charge < -0.3 is 15.4 Å². The van der Waals surface area contributed by atoms with Crippen molar-refractivity contribution in [2.45, 2.75) is 26.4 Å². The van der Waals surface area contributed by atoms with E-state index in [0.717, 1.165) is 12.1 Å². The molecule has 0 fully saturated rings. The fraction of sp³-hybridized carbons (Fsp3) is 0.312. The van der Waals surface area contributed by atoms with Gasteiger partial charge in [-0.15, -0.1) is 0 Å². The van der Waals surface area contributed by atoms with Gasteiger partial charge in [0.1, 0.15) is 17.2 Å². The number of carbonyl (C=O) groups excluding carboxylic acids is 1. The molecule has 0 saturated heterocycles. The molecule has 2 aromatic rings. The Morgan fingerprint density at radius 1 is 1.38 bits per heavy atom. The maximum Gasteiger partial charge on any atom is 0.279 e. The molecular formula is C16H17F2N3O3. The molecule has 3 N–H and O–H groups in total. The first-order chi connectivity index (χ1) is 11.1. The highest BCUT2D eigenvalue weighted by Gasteiger charge is 2.28. The van der Waals surface area contributed by atoms with Gasteiger partial charge >= 0.3 is 0 Å². The number of aliphatic hydroxyl groups is 1. The number of nitrogens with one attached hydrogen (secondary N) is 2.